The van der Waals surface area contributed by atoms with E-state index in [1.807, 2.05) is 41.8 Å². The molecule has 1 fully saturated rings. The van der Waals surface area contributed by atoms with E-state index >= 15 is 0 Å². The van der Waals surface area contributed by atoms with Crippen molar-refractivity contribution in [1.82, 2.24) is 20.1 Å². The van der Waals surface area contributed by atoms with E-state index in [0.717, 1.165) is 12.1 Å². The van der Waals surface area contributed by atoms with E-state index in [2.05, 4.69) is 15.5 Å². The average Bonchev–Trinajstić information content (AvgIpc) is 3.30. The zero-order valence-corrected chi connectivity index (χ0v) is 13.2. The fraction of sp³-hybridized carbons (Fsp3) is 0.471. The van der Waals surface area contributed by atoms with Crippen molar-refractivity contribution in [3.8, 4) is 11.4 Å². The normalized spacial score (nSPS) is 23.3. The van der Waals surface area contributed by atoms with Crippen molar-refractivity contribution < 1.29 is 9.53 Å². The van der Waals surface area contributed by atoms with Gasteiger partial charge in [0, 0.05) is 12.1 Å². The summed E-state index contributed by atoms with van der Waals surface area (Å²) >= 11 is 0. The van der Waals surface area contributed by atoms with Gasteiger partial charge in [-0.15, -0.1) is 10.2 Å². The lowest BCUT2D eigenvalue weighted by Crippen LogP contribution is -2.53. The highest BCUT2D eigenvalue weighted by molar-refractivity contribution is 5.85. The van der Waals surface area contributed by atoms with Crippen LogP contribution in [-0.4, -0.2) is 33.8 Å². The maximum Gasteiger partial charge on any atom is 0.248 e. The van der Waals surface area contributed by atoms with Crippen LogP contribution in [0.3, 0.4) is 0 Å². The van der Waals surface area contributed by atoms with Gasteiger partial charge in [-0.2, -0.15) is 0 Å². The number of nitrogens with one attached hydrogen (secondary N) is 1. The third kappa shape index (κ3) is 2.53. The minimum atomic E-state index is -0.822. The third-order valence-corrected chi connectivity index (χ3v) is 4.61. The number of aromatic nitrogens is 3. The summed E-state index contributed by atoms with van der Waals surface area (Å²) in [6.45, 7) is 3.35. The molecule has 6 nitrogen and oxygen atoms in total. The molecule has 0 radical (unpaired) electrons. The van der Waals surface area contributed by atoms with Crippen molar-refractivity contribution in [2.24, 2.45) is 5.92 Å². The number of rotatable bonds is 4. The van der Waals surface area contributed by atoms with Crippen LogP contribution in [0.25, 0.3) is 11.4 Å². The van der Waals surface area contributed by atoms with Crippen molar-refractivity contribution in [1.29, 1.82) is 0 Å². The number of amides is 1. The third-order valence-electron chi connectivity index (χ3n) is 4.61. The molecule has 1 N–H and O–H groups in total. The van der Waals surface area contributed by atoms with Crippen molar-refractivity contribution in [3.05, 3.63) is 36.2 Å². The van der Waals surface area contributed by atoms with E-state index in [1.54, 1.807) is 0 Å². The highest BCUT2D eigenvalue weighted by Crippen LogP contribution is 2.32. The minimum Gasteiger partial charge on any atom is -0.370 e. The molecule has 0 bridgehead atoms. The van der Waals surface area contributed by atoms with E-state index in [4.69, 9.17) is 4.74 Å². The maximum atomic E-state index is 12.8. The van der Waals surface area contributed by atoms with Gasteiger partial charge in [0.15, 0.2) is 11.6 Å². The molecule has 2 heterocycles. The topological polar surface area (TPSA) is 69.0 Å². The molecular formula is C17H20N4O2. The summed E-state index contributed by atoms with van der Waals surface area (Å²) in [7, 11) is 0. The molecule has 0 saturated heterocycles. The first-order valence-electron chi connectivity index (χ1n) is 8.05. The van der Waals surface area contributed by atoms with Crippen LogP contribution >= 0.6 is 0 Å². The van der Waals surface area contributed by atoms with Crippen molar-refractivity contribution >= 4 is 5.91 Å². The van der Waals surface area contributed by atoms with E-state index in [1.165, 1.54) is 12.8 Å². The van der Waals surface area contributed by atoms with Crippen LogP contribution in [0.1, 0.15) is 25.6 Å². The van der Waals surface area contributed by atoms with Crippen LogP contribution in [0.2, 0.25) is 0 Å². The van der Waals surface area contributed by atoms with Crippen LogP contribution in [0.15, 0.2) is 30.3 Å². The highest BCUT2D eigenvalue weighted by atomic mass is 16.5. The molecule has 6 heteroatoms. The molecule has 1 unspecified atom stereocenters. The van der Waals surface area contributed by atoms with Gasteiger partial charge in [-0.1, -0.05) is 30.3 Å². The fourth-order valence-electron chi connectivity index (χ4n) is 3.02. The number of benzene rings is 1. The Labute approximate surface area is 134 Å². The van der Waals surface area contributed by atoms with Crippen molar-refractivity contribution in [2.45, 2.75) is 31.9 Å². The predicted molar refractivity (Wildman–Crippen MR) is 84.5 cm³/mol. The molecule has 1 amide bonds. The molecule has 2 aromatic rings. The second-order valence-electron chi connectivity index (χ2n) is 6.56. The van der Waals surface area contributed by atoms with E-state index < -0.39 is 5.54 Å². The van der Waals surface area contributed by atoms with Gasteiger partial charge in [-0.05, 0) is 25.7 Å². The molecule has 120 valence electrons. The first kappa shape index (κ1) is 14.4. The van der Waals surface area contributed by atoms with E-state index in [0.29, 0.717) is 30.8 Å². The zero-order valence-electron chi connectivity index (χ0n) is 13.2. The lowest BCUT2D eigenvalue weighted by atomic mass is 9.99. The number of carbonyl (C=O) groups excluding carboxylic acids is 1. The molecular weight excluding hydrogens is 292 g/mol. The summed E-state index contributed by atoms with van der Waals surface area (Å²) in [5, 5.41) is 11.6. The van der Waals surface area contributed by atoms with Gasteiger partial charge < -0.3 is 10.1 Å². The molecule has 23 heavy (non-hydrogen) atoms. The maximum absolute atomic E-state index is 12.8. The van der Waals surface area contributed by atoms with Crippen LogP contribution in [0, 0.1) is 5.92 Å². The SMILES string of the molecule is CC1(C(=O)NCC2CC2)COCc2nnc(-c3ccccc3)n21. The van der Waals surface area contributed by atoms with Gasteiger partial charge in [0.2, 0.25) is 5.91 Å². The summed E-state index contributed by atoms with van der Waals surface area (Å²) in [5.41, 5.74) is 0.131. The second kappa shape index (κ2) is 5.45. The molecule has 1 atom stereocenters. The fourth-order valence-corrected chi connectivity index (χ4v) is 3.02. The average molecular weight is 312 g/mol. The number of carbonyl (C=O) groups is 1. The van der Waals surface area contributed by atoms with Crippen LogP contribution in [0.4, 0.5) is 0 Å². The Morgan fingerprint density at radius 2 is 2.13 bits per heavy atom. The molecule has 1 aliphatic carbocycles. The van der Waals surface area contributed by atoms with Crippen LogP contribution in [0.5, 0.6) is 0 Å². The summed E-state index contributed by atoms with van der Waals surface area (Å²) in [6.07, 6.45) is 2.42. The monoisotopic (exact) mass is 312 g/mol. The number of ether oxygens (including phenoxy) is 1. The Kier molecular flexibility index (Phi) is 3.41. The van der Waals surface area contributed by atoms with Gasteiger partial charge in [0.05, 0.1) is 6.61 Å². The predicted octanol–water partition coefficient (Wildman–Crippen LogP) is 1.72. The smallest absolute Gasteiger partial charge is 0.248 e. The molecule has 2 aliphatic rings. The summed E-state index contributed by atoms with van der Waals surface area (Å²) in [4.78, 5) is 12.8. The van der Waals surface area contributed by atoms with Gasteiger partial charge in [-0.3, -0.25) is 9.36 Å². The number of hydrogen-bond donors (Lipinski definition) is 1. The second-order valence-corrected chi connectivity index (χ2v) is 6.56. The number of fused-ring (bicyclic) bond motifs is 1. The Balaban J connectivity index is 1.71. The van der Waals surface area contributed by atoms with Gasteiger partial charge >= 0.3 is 0 Å². The molecule has 1 saturated carbocycles. The zero-order chi connectivity index (χ0) is 15.9. The summed E-state index contributed by atoms with van der Waals surface area (Å²) < 4.78 is 7.56. The molecule has 1 aliphatic heterocycles. The van der Waals surface area contributed by atoms with Crippen LogP contribution in [-0.2, 0) is 21.7 Å². The quantitative estimate of drug-likeness (QED) is 0.933. The molecule has 0 spiro atoms. The van der Waals surface area contributed by atoms with Gasteiger partial charge in [0.25, 0.3) is 0 Å². The van der Waals surface area contributed by atoms with Crippen molar-refractivity contribution in [3.63, 3.8) is 0 Å². The van der Waals surface area contributed by atoms with E-state index in [-0.39, 0.29) is 5.91 Å². The molecule has 1 aromatic carbocycles. The van der Waals surface area contributed by atoms with Gasteiger partial charge in [-0.25, -0.2) is 0 Å². The standard InChI is InChI=1S/C17H20N4O2/c1-17(16(22)18-9-12-7-8-12)11-23-10-14-19-20-15(21(14)17)13-5-3-2-4-6-13/h2-6,12H,7-11H2,1H3,(H,18,22). The Bertz CT molecular complexity index is 723. The first-order chi connectivity index (χ1) is 11.2. The largest absolute Gasteiger partial charge is 0.370 e. The van der Waals surface area contributed by atoms with Crippen molar-refractivity contribution in [2.75, 3.05) is 13.2 Å². The lowest BCUT2D eigenvalue weighted by Gasteiger charge is -2.35. The summed E-state index contributed by atoms with van der Waals surface area (Å²) in [5.74, 6) is 2.02. The number of hydrogen-bond acceptors (Lipinski definition) is 4. The molecule has 1 aromatic heterocycles. The van der Waals surface area contributed by atoms with Crippen LogP contribution < -0.4 is 5.32 Å². The minimum absolute atomic E-state index is 0.0256. The Morgan fingerprint density at radius 1 is 1.35 bits per heavy atom. The first-order valence-corrected chi connectivity index (χ1v) is 8.05. The number of nitrogens with zero attached hydrogens (tertiary/aromatic N) is 3. The Hall–Kier alpha value is -2.21. The van der Waals surface area contributed by atoms with E-state index in [9.17, 15) is 4.79 Å². The highest BCUT2D eigenvalue weighted by Gasteiger charge is 2.43. The van der Waals surface area contributed by atoms with Gasteiger partial charge in [0.1, 0.15) is 12.1 Å². The Morgan fingerprint density at radius 3 is 2.87 bits per heavy atom. The molecule has 4 rings (SSSR count). The lowest BCUT2D eigenvalue weighted by molar-refractivity contribution is -0.135. The summed E-state index contributed by atoms with van der Waals surface area (Å²) in [6, 6.07) is 9.84.